The van der Waals surface area contributed by atoms with Crippen LogP contribution < -0.4 is 0 Å². The molecule has 0 saturated carbocycles. The van der Waals surface area contributed by atoms with Crippen LogP contribution in [0.1, 0.15) is 0 Å². The van der Waals surface area contributed by atoms with Crippen LogP contribution in [0.3, 0.4) is 0 Å². The number of nitrogens with zero attached hydrogens (tertiary/aromatic N) is 3. The first kappa shape index (κ1) is 47.0. The van der Waals surface area contributed by atoms with Crippen molar-refractivity contribution in [2.45, 2.75) is 0 Å². The molecular formula is C76H51N3. The Hall–Kier alpha value is -10.5. The Balaban J connectivity index is 0.823. The molecule has 14 aromatic rings. The van der Waals surface area contributed by atoms with E-state index in [9.17, 15) is 0 Å². The lowest BCUT2D eigenvalue weighted by Crippen LogP contribution is -1.97. The lowest BCUT2D eigenvalue weighted by atomic mass is 9.94. The molecule has 2 heterocycles. The van der Waals surface area contributed by atoms with Gasteiger partial charge in [-0.2, -0.15) is 0 Å². The fourth-order valence-electron chi connectivity index (χ4n) is 11.2. The van der Waals surface area contributed by atoms with Gasteiger partial charge in [-0.1, -0.05) is 243 Å². The van der Waals surface area contributed by atoms with E-state index in [2.05, 4.69) is 314 Å². The normalized spacial score (nSPS) is 11.3. The zero-order valence-corrected chi connectivity index (χ0v) is 43.3. The first-order valence-electron chi connectivity index (χ1n) is 26.9. The van der Waals surface area contributed by atoms with Crippen molar-refractivity contribution in [1.29, 1.82) is 0 Å². The van der Waals surface area contributed by atoms with E-state index in [1.807, 2.05) is 0 Å². The summed E-state index contributed by atoms with van der Waals surface area (Å²) in [5.74, 6) is 0.662. The Labute approximate surface area is 460 Å². The number of hydrogen-bond donors (Lipinski definition) is 0. The van der Waals surface area contributed by atoms with Crippen LogP contribution in [0.2, 0.25) is 0 Å². The third-order valence-electron chi connectivity index (χ3n) is 15.2. The molecule has 12 aromatic carbocycles. The Morgan fingerprint density at radius 3 is 0.937 bits per heavy atom. The summed E-state index contributed by atoms with van der Waals surface area (Å²) in [7, 11) is 0. The van der Waals surface area contributed by atoms with Crippen LogP contribution in [0.25, 0.3) is 139 Å². The van der Waals surface area contributed by atoms with Crippen LogP contribution in [0.15, 0.2) is 309 Å². The second-order valence-corrected chi connectivity index (χ2v) is 20.2. The second-order valence-electron chi connectivity index (χ2n) is 20.2. The summed E-state index contributed by atoms with van der Waals surface area (Å²) in [5.41, 5.74) is 24.4. The van der Waals surface area contributed by atoms with E-state index in [1.165, 1.54) is 55.2 Å². The minimum absolute atomic E-state index is 0.662. The van der Waals surface area contributed by atoms with Gasteiger partial charge in [-0.15, -0.1) is 0 Å². The number of hydrogen-bond acceptors (Lipinski definition) is 2. The molecule has 0 amide bonds. The van der Waals surface area contributed by atoms with Crippen molar-refractivity contribution in [1.82, 2.24) is 14.5 Å². The molecule has 0 atom stereocenters. The summed E-state index contributed by atoms with van der Waals surface area (Å²) in [6.45, 7) is 0. The minimum Gasteiger partial charge on any atom is -0.309 e. The van der Waals surface area contributed by atoms with E-state index in [0.717, 1.165) is 78.3 Å². The van der Waals surface area contributed by atoms with Crippen molar-refractivity contribution < 1.29 is 0 Å². The molecule has 2 aromatic heterocycles. The van der Waals surface area contributed by atoms with E-state index in [-0.39, 0.29) is 0 Å². The zero-order valence-electron chi connectivity index (χ0n) is 43.3. The number of rotatable bonds is 11. The van der Waals surface area contributed by atoms with Crippen LogP contribution in [0, 0.1) is 0 Å². The Bertz CT molecular complexity index is 4480. The average Bonchev–Trinajstić information content (AvgIpc) is 4.01. The van der Waals surface area contributed by atoms with Crippen molar-refractivity contribution in [3.05, 3.63) is 309 Å². The predicted octanol–water partition coefficient (Wildman–Crippen LogP) is 20.2. The van der Waals surface area contributed by atoms with Gasteiger partial charge in [0.25, 0.3) is 0 Å². The monoisotopic (exact) mass is 1010 g/mol. The highest BCUT2D eigenvalue weighted by molar-refractivity contribution is 6.09. The second kappa shape index (κ2) is 20.6. The topological polar surface area (TPSA) is 30.7 Å². The Morgan fingerprint density at radius 1 is 0.190 bits per heavy atom. The molecule has 79 heavy (non-hydrogen) atoms. The molecule has 3 heteroatoms. The van der Waals surface area contributed by atoms with Crippen molar-refractivity contribution in [3.63, 3.8) is 0 Å². The van der Waals surface area contributed by atoms with E-state index in [0.29, 0.717) is 5.82 Å². The maximum Gasteiger partial charge on any atom is 0.160 e. The lowest BCUT2D eigenvalue weighted by molar-refractivity contribution is 1.18. The maximum atomic E-state index is 5.39. The fourth-order valence-corrected chi connectivity index (χ4v) is 11.2. The van der Waals surface area contributed by atoms with Gasteiger partial charge in [0.15, 0.2) is 5.82 Å². The van der Waals surface area contributed by atoms with Gasteiger partial charge in [0.2, 0.25) is 0 Å². The summed E-state index contributed by atoms with van der Waals surface area (Å²) >= 11 is 0. The molecular weight excluding hydrogens is 955 g/mol. The van der Waals surface area contributed by atoms with Gasteiger partial charge >= 0.3 is 0 Å². The molecule has 0 radical (unpaired) electrons. The smallest absolute Gasteiger partial charge is 0.160 e. The van der Waals surface area contributed by atoms with Gasteiger partial charge in [0.1, 0.15) is 0 Å². The molecule has 0 unspecified atom stereocenters. The number of fused-ring (bicyclic) bond motifs is 3. The van der Waals surface area contributed by atoms with Gasteiger partial charge in [-0.05, 0) is 145 Å². The predicted molar refractivity (Wildman–Crippen MR) is 331 cm³/mol. The highest BCUT2D eigenvalue weighted by Crippen LogP contribution is 2.38. The van der Waals surface area contributed by atoms with Gasteiger partial charge in [-0.25, -0.2) is 9.97 Å². The van der Waals surface area contributed by atoms with Crippen LogP contribution >= 0.6 is 0 Å². The summed E-state index contributed by atoms with van der Waals surface area (Å²) in [5, 5.41) is 2.50. The molecule has 0 saturated heterocycles. The first-order chi connectivity index (χ1) is 39.1. The molecule has 0 aliphatic heterocycles. The SMILES string of the molecule is c1ccc(-c2cccc(-c3cccc(-c4cccc(-c5cccc(-c6nc(-c7ccc(-c8cccc(-n9c%10ccccc%10c%10ccccc%109)c8)cc7)cc(-c7cccc(-c8cccc(-c9ccccc9)c8)c7)n6)c5)c4)c3)c2)cc1. The third kappa shape index (κ3) is 9.41. The van der Waals surface area contributed by atoms with Crippen LogP contribution in [-0.2, 0) is 0 Å². The summed E-state index contributed by atoms with van der Waals surface area (Å²) in [6.07, 6.45) is 0. The number of aromatic nitrogens is 3. The molecule has 0 bridgehead atoms. The highest BCUT2D eigenvalue weighted by Gasteiger charge is 2.16. The van der Waals surface area contributed by atoms with E-state index < -0.39 is 0 Å². The summed E-state index contributed by atoms with van der Waals surface area (Å²) in [4.78, 5) is 10.8. The van der Waals surface area contributed by atoms with Crippen molar-refractivity contribution in [3.8, 4) is 117 Å². The zero-order chi connectivity index (χ0) is 52.5. The third-order valence-corrected chi connectivity index (χ3v) is 15.2. The molecule has 370 valence electrons. The fraction of sp³-hybridized carbons (Fsp3) is 0. The minimum atomic E-state index is 0.662. The summed E-state index contributed by atoms with van der Waals surface area (Å²) < 4.78 is 2.37. The van der Waals surface area contributed by atoms with Gasteiger partial charge in [0.05, 0.1) is 22.4 Å². The molecule has 0 fully saturated rings. The molecule has 0 aliphatic carbocycles. The maximum absolute atomic E-state index is 5.39. The Morgan fingerprint density at radius 2 is 0.481 bits per heavy atom. The summed E-state index contributed by atoms with van der Waals surface area (Å²) in [6, 6.07) is 111. The van der Waals surface area contributed by atoms with E-state index in [1.54, 1.807) is 0 Å². The number of para-hydroxylation sites is 2. The van der Waals surface area contributed by atoms with Gasteiger partial charge in [0, 0.05) is 33.2 Å². The van der Waals surface area contributed by atoms with Crippen LogP contribution in [0.4, 0.5) is 0 Å². The van der Waals surface area contributed by atoms with E-state index in [4.69, 9.17) is 9.97 Å². The van der Waals surface area contributed by atoms with Gasteiger partial charge < -0.3 is 4.57 Å². The van der Waals surface area contributed by atoms with Crippen molar-refractivity contribution in [2.24, 2.45) is 0 Å². The lowest BCUT2D eigenvalue weighted by Gasteiger charge is -2.13. The van der Waals surface area contributed by atoms with Crippen molar-refractivity contribution >= 4 is 21.8 Å². The average molecular weight is 1010 g/mol. The van der Waals surface area contributed by atoms with Crippen LogP contribution in [0.5, 0.6) is 0 Å². The standard InChI is InChI=1S/C76H51N3/c1-3-18-52(19-4-1)56-22-11-24-58(44-56)60-26-13-27-61(46-60)62-28-14-29-63(47-62)65-31-16-34-68(49-65)76-77-72(51-73(78-76)67-33-15-30-64(48-67)59-25-12-23-57(45-59)53-20-5-2-6-21-53)55-42-40-54(41-43-55)66-32-17-35-69(50-66)79-74-38-9-7-36-70(74)71-37-8-10-39-75(71)79/h1-51H. The largest absolute Gasteiger partial charge is 0.309 e. The molecule has 3 nitrogen and oxygen atoms in total. The van der Waals surface area contributed by atoms with Crippen LogP contribution in [-0.4, -0.2) is 14.5 Å². The van der Waals surface area contributed by atoms with Crippen molar-refractivity contribution in [2.75, 3.05) is 0 Å². The highest BCUT2D eigenvalue weighted by atomic mass is 15.0. The van der Waals surface area contributed by atoms with E-state index >= 15 is 0 Å². The molecule has 14 rings (SSSR count). The molecule has 0 aliphatic rings. The first-order valence-corrected chi connectivity index (χ1v) is 26.9. The molecule has 0 N–H and O–H groups in total. The Kier molecular flexibility index (Phi) is 12.2. The number of benzene rings is 12. The molecule has 0 spiro atoms. The van der Waals surface area contributed by atoms with Gasteiger partial charge in [-0.3, -0.25) is 0 Å². The quantitative estimate of drug-likeness (QED) is 0.129.